The van der Waals surface area contributed by atoms with Crippen LogP contribution in [0.5, 0.6) is 0 Å². The molecule has 1 aliphatic rings. The van der Waals surface area contributed by atoms with Gasteiger partial charge in [-0.1, -0.05) is 23.4 Å². The molecule has 1 aromatic carbocycles. The van der Waals surface area contributed by atoms with Gasteiger partial charge in [0.2, 0.25) is 0 Å². The Kier molecular flexibility index (Phi) is 2.33. The van der Waals surface area contributed by atoms with Gasteiger partial charge in [0.1, 0.15) is 5.76 Å². The molecule has 4 rings (SSSR count). The second kappa shape index (κ2) is 4.16. The Hall–Kier alpha value is -2.23. The lowest BCUT2D eigenvalue weighted by Crippen LogP contribution is -2.11. The standard InChI is InChI=1S/C15H13N3O/c1-2-6-13-10(4-1)8-14(18-17-13)11-5-3-7-15-12(11)9-16-19-15/h1-2,4,6,8-9,11H,3,5,7H2. The van der Waals surface area contributed by atoms with Crippen LogP contribution in [0.2, 0.25) is 0 Å². The van der Waals surface area contributed by atoms with Crippen LogP contribution in [0.3, 0.4) is 0 Å². The van der Waals surface area contributed by atoms with Crippen LogP contribution in [0.1, 0.15) is 35.8 Å². The van der Waals surface area contributed by atoms with E-state index in [1.807, 2.05) is 24.4 Å². The number of rotatable bonds is 1. The molecule has 4 nitrogen and oxygen atoms in total. The Morgan fingerprint density at radius 3 is 3.11 bits per heavy atom. The Labute approximate surface area is 110 Å². The number of aryl methyl sites for hydroxylation is 1. The fourth-order valence-electron chi connectivity index (χ4n) is 2.85. The molecule has 0 amide bonds. The van der Waals surface area contributed by atoms with E-state index in [9.17, 15) is 0 Å². The Balaban J connectivity index is 1.83. The summed E-state index contributed by atoms with van der Waals surface area (Å²) >= 11 is 0. The Morgan fingerprint density at radius 2 is 2.11 bits per heavy atom. The van der Waals surface area contributed by atoms with Gasteiger partial charge < -0.3 is 4.52 Å². The topological polar surface area (TPSA) is 51.8 Å². The second-order valence-corrected chi connectivity index (χ2v) is 4.98. The molecular weight excluding hydrogens is 238 g/mol. The van der Waals surface area contributed by atoms with Crippen LogP contribution in [-0.2, 0) is 6.42 Å². The summed E-state index contributed by atoms with van der Waals surface area (Å²) in [6.07, 6.45) is 5.01. The summed E-state index contributed by atoms with van der Waals surface area (Å²) < 4.78 is 5.30. The molecule has 4 heteroatoms. The molecule has 3 aromatic rings. The molecule has 0 radical (unpaired) electrons. The van der Waals surface area contributed by atoms with Gasteiger partial charge in [0.25, 0.3) is 0 Å². The van der Waals surface area contributed by atoms with Gasteiger partial charge in [-0.15, -0.1) is 0 Å². The van der Waals surface area contributed by atoms with Gasteiger partial charge in [-0.3, -0.25) is 0 Å². The molecule has 0 aliphatic heterocycles. The average molecular weight is 251 g/mol. The third-order valence-electron chi connectivity index (χ3n) is 3.82. The average Bonchev–Trinajstić information content (AvgIpc) is 2.95. The minimum atomic E-state index is 0.270. The van der Waals surface area contributed by atoms with E-state index in [2.05, 4.69) is 27.5 Å². The second-order valence-electron chi connectivity index (χ2n) is 4.98. The normalized spacial score (nSPS) is 18.4. The quantitative estimate of drug-likeness (QED) is 0.667. The van der Waals surface area contributed by atoms with Gasteiger partial charge in [-0.2, -0.15) is 10.2 Å². The van der Waals surface area contributed by atoms with Crippen molar-refractivity contribution in [1.82, 2.24) is 15.4 Å². The number of hydrogen-bond acceptors (Lipinski definition) is 4. The van der Waals surface area contributed by atoms with Crippen molar-refractivity contribution in [2.45, 2.75) is 25.2 Å². The molecule has 1 atom stereocenters. The van der Waals surface area contributed by atoms with E-state index in [-0.39, 0.29) is 5.92 Å². The highest BCUT2D eigenvalue weighted by Crippen LogP contribution is 2.35. The van der Waals surface area contributed by atoms with Crippen LogP contribution < -0.4 is 0 Å². The van der Waals surface area contributed by atoms with Crippen LogP contribution in [0.4, 0.5) is 0 Å². The van der Waals surface area contributed by atoms with E-state index >= 15 is 0 Å². The summed E-state index contributed by atoms with van der Waals surface area (Å²) in [4.78, 5) is 0. The molecule has 0 saturated heterocycles. The van der Waals surface area contributed by atoms with Gasteiger partial charge in [-0.05, 0) is 25.0 Å². The first-order chi connectivity index (χ1) is 9.42. The first kappa shape index (κ1) is 10.7. The van der Waals surface area contributed by atoms with E-state index in [1.54, 1.807) is 0 Å². The number of fused-ring (bicyclic) bond motifs is 2. The fraction of sp³-hybridized carbons (Fsp3) is 0.267. The molecule has 0 saturated carbocycles. The molecule has 0 N–H and O–H groups in total. The predicted octanol–water partition coefficient (Wildman–Crippen LogP) is 3.09. The number of benzene rings is 1. The number of hydrogen-bond donors (Lipinski definition) is 0. The Morgan fingerprint density at radius 1 is 1.16 bits per heavy atom. The molecule has 1 unspecified atom stereocenters. The zero-order valence-corrected chi connectivity index (χ0v) is 10.4. The largest absolute Gasteiger partial charge is 0.361 e. The fourth-order valence-corrected chi connectivity index (χ4v) is 2.85. The molecule has 2 heterocycles. The van der Waals surface area contributed by atoms with Gasteiger partial charge in [0, 0.05) is 23.3 Å². The lowest BCUT2D eigenvalue weighted by atomic mass is 9.85. The van der Waals surface area contributed by atoms with E-state index in [4.69, 9.17) is 4.52 Å². The molecule has 2 aromatic heterocycles. The first-order valence-electron chi connectivity index (χ1n) is 6.57. The van der Waals surface area contributed by atoms with Crippen molar-refractivity contribution in [3.63, 3.8) is 0 Å². The van der Waals surface area contributed by atoms with E-state index in [0.717, 1.165) is 41.6 Å². The van der Waals surface area contributed by atoms with E-state index in [0.29, 0.717) is 0 Å². The third kappa shape index (κ3) is 1.71. The van der Waals surface area contributed by atoms with Crippen molar-refractivity contribution in [2.24, 2.45) is 0 Å². The maximum atomic E-state index is 5.30. The van der Waals surface area contributed by atoms with E-state index < -0.39 is 0 Å². The molecule has 0 spiro atoms. The summed E-state index contributed by atoms with van der Waals surface area (Å²) in [5.41, 5.74) is 3.13. The summed E-state index contributed by atoms with van der Waals surface area (Å²) in [5.74, 6) is 1.28. The van der Waals surface area contributed by atoms with Crippen molar-refractivity contribution in [3.8, 4) is 0 Å². The lowest BCUT2D eigenvalue weighted by Gasteiger charge is -2.19. The molecule has 1 aliphatic carbocycles. The van der Waals surface area contributed by atoms with Crippen LogP contribution in [-0.4, -0.2) is 15.4 Å². The maximum Gasteiger partial charge on any atom is 0.140 e. The maximum absolute atomic E-state index is 5.30. The molecule has 19 heavy (non-hydrogen) atoms. The SMILES string of the molecule is c1ccc2nnc(C3CCCc4oncc43)cc2c1. The summed E-state index contributed by atoms with van der Waals surface area (Å²) in [6.45, 7) is 0. The highest BCUT2D eigenvalue weighted by molar-refractivity contribution is 5.78. The van der Waals surface area contributed by atoms with Crippen molar-refractivity contribution in [1.29, 1.82) is 0 Å². The minimum Gasteiger partial charge on any atom is -0.361 e. The van der Waals surface area contributed by atoms with Gasteiger partial charge in [0.05, 0.1) is 17.4 Å². The predicted molar refractivity (Wildman–Crippen MR) is 70.8 cm³/mol. The van der Waals surface area contributed by atoms with Crippen molar-refractivity contribution in [2.75, 3.05) is 0 Å². The van der Waals surface area contributed by atoms with Crippen LogP contribution in [0, 0.1) is 0 Å². The van der Waals surface area contributed by atoms with Crippen molar-refractivity contribution < 1.29 is 4.52 Å². The zero-order valence-electron chi connectivity index (χ0n) is 10.4. The van der Waals surface area contributed by atoms with Crippen molar-refractivity contribution in [3.05, 3.63) is 53.5 Å². The molecule has 0 bridgehead atoms. The number of nitrogens with zero attached hydrogens (tertiary/aromatic N) is 3. The van der Waals surface area contributed by atoms with E-state index in [1.165, 1.54) is 5.56 Å². The Bertz CT molecular complexity index is 735. The van der Waals surface area contributed by atoms with Crippen molar-refractivity contribution >= 4 is 10.9 Å². The first-order valence-corrected chi connectivity index (χ1v) is 6.57. The van der Waals surface area contributed by atoms with Crippen LogP contribution >= 0.6 is 0 Å². The highest BCUT2D eigenvalue weighted by atomic mass is 16.5. The van der Waals surface area contributed by atoms with Crippen LogP contribution in [0.15, 0.2) is 41.1 Å². The smallest absolute Gasteiger partial charge is 0.140 e. The minimum absolute atomic E-state index is 0.270. The third-order valence-corrected chi connectivity index (χ3v) is 3.82. The van der Waals surface area contributed by atoms with Gasteiger partial charge in [0.15, 0.2) is 0 Å². The number of aromatic nitrogens is 3. The molecule has 0 fully saturated rings. The lowest BCUT2D eigenvalue weighted by molar-refractivity contribution is 0.368. The summed E-state index contributed by atoms with van der Waals surface area (Å²) in [5, 5.41) is 13.8. The molecular formula is C15H13N3O. The summed E-state index contributed by atoms with van der Waals surface area (Å²) in [7, 11) is 0. The van der Waals surface area contributed by atoms with Crippen LogP contribution in [0.25, 0.3) is 10.9 Å². The highest BCUT2D eigenvalue weighted by Gasteiger charge is 2.26. The van der Waals surface area contributed by atoms with Gasteiger partial charge >= 0.3 is 0 Å². The zero-order chi connectivity index (χ0) is 12.7. The summed E-state index contributed by atoms with van der Waals surface area (Å²) in [6, 6.07) is 10.2. The molecule has 94 valence electrons. The monoisotopic (exact) mass is 251 g/mol. The van der Waals surface area contributed by atoms with Gasteiger partial charge in [-0.25, -0.2) is 0 Å².